The van der Waals surface area contributed by atoms with Crippen LogP contribution in [0.2, 0.25) is 0 Å². The summed E-state index contributed by atoms with van der Waals surface area (Å²) >= 11 is -0.826. The first-order valence-corrected chi connectivity index (χ1v) is 17.8. The SMILES string of the molecule is CC(C)Cc1cc2c(-c3cc(C(C)C)cc(C(C)C)c3)c(C(C)C)ccc2[cH-]1.[Cl][Zr][Cl]. The van der Waals surface area contributed by atoms with E-state index in [1.807, 2.05) is 0 Å². The van der Waals surface area contributed by atoms with Gasteiger partial charge in [-0.1, -0.05) is 84.7 Å². The summed E-state index contributed by atoms with van der Waals surface area (Å²) in [7, 11) is 9.87. The summed E-state index contributed by atoms with van der Waals surface area (Å²) in [5.41, 5.74) is 8.67. The third-order valence-corrected chi connectivity index (χ3v) is 5.85. The molecule has 0 bridgehead atoms. The standard InChI is InChI=1S/C28H37.2ClH.Zr/c1-17(2)11-21-12-22-9-10-26(20(7)8)28(27(22)13-21)25-15-23(18(3)4)14-24(16-25)19(5)6;;;/h9-10,12-20H,11H2,1-8H3;2*1H;/q-1;;;+2/p-2. The molecular formula is C28H37Cl2Zr-. The molecule has 31 heavy (non-hydrogen) atoms. The Morgan fingerprint density at radius 2 is 1.32 bits per heavy atom. The van der Waals surface area contributed by atoms with Crippen LogP contribution in [0.5, 0.6) is 0 Å². The van der Waals surface area contributed by atoms with Crippen molar-refractivity contribution in [2.75, 3.05) is 0 Å². The van der Waals surface area contributed by atoms with Gasteiger partial charge in [-0.25, -0.2) is 0 Å². The predicted octanol–water partition coefficient (Wildman–Crippen LogP) is 10.2. The van der Waals surface area contributed by atoms with Crippen LogP contribution in [0.4, 0.5) is 0 Å². The van der Waals surface area contributed by atoms with Crippen molar-refractivity contribution < 1.29 is 20.8 Å². The van der Waals surface area contributed by atoms with Crippen LogP contribution in [0.15, 0.2) is 42.5 Å². The molecule has 3 aromatic carbocycles. The average Bonchev–Trinajstić information content (AvgIpc) is 3.08. The van der Waals surface area contributed by atoms with Gasteiger partial charge in [-0.3, -0.25) is 0 Å². The molecule has 0 amide bonds. The molecule has 0 aliphatic carbocycles. The molecule has 0 saturated heterocycles. The summed E-state index contributed by atoms with van der Waals surface area (Å²) in [6.45, 7) is 18.5. The molecule has 0 radical (unpaired) electrons. The molecule has 0 atom stereocenters. The van der Waals surface area contributed by atoms with Crippen molar-refractivity contribution in [3.63, 3.8) is 0 Å². The second-order valence-corrected chi connectivity index (χ2v) is 13.6. The van der Waals surface area contributed by atoms with Crippen molar-refractivity contribution in [1.29, 1.82) is 0 Å². The molecule has 0 unspecified atom stereocenters. The number of halogens is 2. The zero-order valence-electron chi connectivity index (χ0n) is 20.3. The summed E-state index contributed by atoms with van der Waals surface area (Å²) in [5, 5.41) is 2.81. The average molecular weight is 536 g/mol. The van der Waals surface area contributed by atoms with Crippen molar-refractivity contribution in [2.45, 2.75) is 79.6 Å². The minimum atomic E-state index is -0.826. The number of fused-ring (bicyclic) bond motifs is 1. The molecule has 3 heteroatoms. The normalized spacial score (nSPS) is 11.5. The van der Waals surface area contributed by atoms with Gasteiger partial charge in [0, 0.05) is 0 Å². The van der Waals surface area contributed by atoms with Gasteiger partial charge in [0.15, 0.2) is 0 Å². The number of hydrogen-bond acceptors (Lipinski definition) is 0. The van der Waals surface area contributed by atoms with Crippen molar-refractivity contribution in [3.8, 4) is 11.1 Å². The Morgan fingerprint density at radius 1 is 0.774 bits per heavy atom. The molecule has 168 valence electrons. The Labute approximate surface area is 208 Å². The third kappa shape index (κ3) is 7.00. The fourth-order valence-corrected chi connectivity index (χ4v) is 4.24. The molecule has 0 fully saturated rings. The second kappa shape index (κ2) is 12.1. The quantitative estimate of drug-likeness (QED) is 0.276. The topological polar surface area (TPSA) is 0 Å². The van der Waals surface area contributed by atoms with Crippen LogP contribution in [-0.4, -0.2) is 0 Å². The van der Waals surface area contributed by atoms with E-state index in [0.29, 0.717) is 23.7 Å². The maximum atomic E-state index is 4.93. The monoisotopic (exact) mass is 533 g/mol. The van der Waals surface area contributed by atoms with E-state index in [1.54, 1.807) is 0 Å². The Hall–Kier alpha value is -0.487. The first-order valence-electron chi connectivity index (χ1n) is 11.4. The van der Waals surface area contributed by atoms with E-state index >= 15 is 0 Å². The fraction of sp³-hybridized carbons (Fsp3) is 0.464. The van der Waals surface area contributed by atoms with Crippen LogP contribution in [0.3, 0.4) is 0 Å². The number of benzene rings is 2. The van der Waals surface area contributed by atoms with Gasteiger partial charge in [-0.2, -0.15) is 6.07 Å². The molecule has 3 rings (SSSR count). The Bertz CT molecular complexity index is 954. The first kappa shape index (κ1) is 26.8. The van der Waals surface area contributed by atoms with Crippen LogP contribution in [0, 0.1) is 5.92 Å². The van der Waals surface area contributed by atoms with Gasteiger partial charge in [0.1, 0.15) is 0 Å². The van der Waals surface area contributed by atoms with Crippen molar-refractivity contribution in [3.05, 3.63) is 64.7 Å². The Kier molecular flexibility index (Phi) is 10.5. The summed E-state index contributed by atoms with van der Waals surface area (Å²) in [6, 6.07) is 16.8. The number of rotatable bonds is 6. The summed E-state index contributed by atoms with van der Waals surface area (Å²) in [4.78, 5) is 0. The van der Waals surface area contributed by atoms with Crippen LogP contribution in [0.25, 0.3) is 21.9 Å². The minimum absolute atomic E-state index is 0.507. The van der Waals surface area contributed by atoms with Crippen LogP contribution in [-0.2, 0) is 27.3 Å². The zero-order chi connectivity index (χ0) is 23.3. The molecule has 0 aromatic heterocycles. The van der Waals surface area contributed by atoms with E-state index in [4.69, 9.17) is 17.0 Å². The van der Waals surface area contributed by atoms with E-state index in [0.717, 1.165) is 6.42 Å². The van der Waals surface area contributed by atoms with E-state index in [9.17, 15) is 0 Å². The van der Waals surface area contributed by atoms with E-state index in [1.165, 1.54) is 44.2 Å². The summed E-state index contributed by atoms with van der Waals surface area (Å²) in [5.74, 6) is 2.26. The molecule has 0 saturated carbocycles. The molecule has 0 aliphatic heterocycles. The van der Waals surface area contributed by atoms with E-state index in [-0.39, 0.29) is 0 Å². The summed E-state index contributed by atoms with van der Waals surface area (Å²) < 4.78 is 0. The van der Waals surface area contributed by atoms with Crippen LogP contribution >= 0.6 is 17.0 Å². The predicted molar refractivity (Wildman–Crippen MR) is 137 cm³/mol. The van der Waals surface area contributed by atoms with E-state index in [2.05, 4.69) is 97.9 Å². The van der Waals surface area contributed by atoms with Gasteiger partial charge in [0.2, 0.25) is 0 Å². The van der Waals surface area contributed by atoms with Gasteiger partial charge in [-0.15, -0.1) is 34.5 Å². The zero-order valence-corrected chi connectivity index (χ0v) is 24.3. The Morgan fingerprint density at radius 3 is 1.77 bits per heavy atom. The molecule has 0 nitrogen and oxygen atoms in total. The first-order chi connectivity index (χ1) is 14.6. The third-order valence-electron chi connectivity index (χ3n) is 5.85. The van der Waals surface area contributed by atoms with Gasteiger partial charge < -0.3 is 0 Å². The fourth-order valence-electron chi connectivity index (χ4n) is 4.24. The van der Waals surface area contributed by atoms with Gasteiger partial charge in [0.05, 0.1) is 0 Å². The molecule has 0 spiro atoms. The van der Waals surface area contributed by atoms with Gasteiger partial charge in [0.25, 0.3) is 0 Å². The van der Waals surface area contributed by atoms with Gasteiger partial charge in [-0.05, 0) is 46.8 Å². The van der Waals surface area contributed by atoms with Crippen molar-refractivity contribution >= 4 is 27.8 Å². The Balaban J connectivity index is 0.00000107. The molecule has 0 heterocycles. The molecular weight excluding hydrogens is 498 g/mol. The van der Waals surface area contributed by atoms with Gasteiger partial charge >= 0.3 is 37.9 Å². The van der Waals surface area contributed by atoms with E-state index < -0.39 is 20.8 Å². The number of hydrogen-bond donors (Lipinski definition) is 0. The van der Waals surface area contributed by atoms with Crippen molar-refractivity contribution in [1.82, 2.24) is 0 Å². The maximum absolute atomic E-state index is 4.93. The van der Waals surface area contributed by atoms with Crippen LogP contribution < -0.4 is 0 Å². The van der Waals surface area contributed by atoms with Crippen LogP contribution in [0.1, 0.15) is 95.4 Å². The molecule has 0 N–H and O–H groups in total. The molecule has 3 aromatic rings. The van der Waals surface area contributed by atoms with Crippen molar-refractivity contribution in [2.24, 2.45) is 5.92 Å². The molecule has 0 aliphatic rings. The second-order valence-electron chi connectivity index (χ2n) is 9.92. The summed E-state index contributed by atoms with van der Waals surface area (Å²) in [6.07, 6.45) is 1.15.